The number of fused-ring (bicyclic) bond motifs is 1. The minimum Gasteiger partial charge on any atom is -0.493 e. The van der Waals surface area contributed by atoms with Gasteiger partial charge >= 0.3 is 0 Å². The molecule has 0 unspecified atom stereocenters. The Hall–Kier alpha value is -2.52. The van der Waals surface area contributed by atoms with Crippen LogP contribution in [0.25, 0.3) is 10.9 Å². The molecule has 0 aliphatic carbocycles. The van der Waals surface area contributed by atoms with Gasteiger partial charge in [0.25, 0.3) is 0 Å². The molecule has 0 saturated carbocycles. The van der Waals surface area contributed by atoms with E-state index in [4.69, 9.17) is 16.3 Å². The normalized spacial score (nSPS) is 14.7. The number of aliphatic hydroxyl groups is 1. The summed E-state index contributed by atoms with van der Waals surface area (Å²) in [7, 11) is 0. The van der Waals surface area contributed by atoms with E-state index < -0.39 is 5.82 Å². The van der Waals surface area contributed by atoms with Crippen LogP contribution < -0.4 is 15.4 Å². The molecule has 164 valence electrons. The van der Waals surface area contributed by atoms with Crippen LogP contribution in [0.1, 0.15) is 12.0 Å². The Bertz CT molecular complexity index is 1050. The lowest BCUT2D eigenvalue weighted by atomic mass is 10.1. The van der Waals surface area contributed by atoms with Crippen molar-refractivity contribution in [2.45, 2.75) is 13.0 Å². The second-order valence-corrected chi connectivity index (χ2v) is 7.81. The average molecular weight is 446 g/mol. The molecule has 1 aromatic heterocycles. The van der Waals surface area contributed by atoms with Gasteiger partial charge in [-0.3, -0.25) is 0 Å². The van der Waals surface area contributed by atoms with E-state index in [-0.39, 0.29) is 11.6 Å². The summed E-state index contributed by atoms with van der Waals surface area (Å²) in [6.45, 7) is 5.53. The minimum absolute atomic E-state index is 0.0273. The van der Waals surface area contributed by atoms with E-state index in [1.54, 1.807) is 12.1 Å². The summed E-state index contributed by atoms with van der Waals surface area (Å²) in [6.07, 6.45) is 2.33. The van der Waals surface area contributed by atoms with Crippen LogP contribution in [0.3, 0.4) is 0 Å². The van der Waals surface area contributed by atoms with E-state index >= 15 is 0 Å². The van der Waals surface area contributed by atoms with Crippen LogP contribution in [0.4, 0.5) is 15.9 Å². The highest BCUT2D eigenvalue weighted by Crippen LogP contribution is 2.31. The van der Waals surface area contributed by atoms with Crippen molar-refractivity contribution in [1.29, 1.82) is 0 Å². The van der Waals surface area contributed by atoms with Crippen molar-refractivity contribution >= 4 is 34.0 Å². The van der Waals surface area contributed by atoms with E-state index in [2.05, 4.69) is 25.5 Å². The molecule has 1 aliphatic heterocycles. The van der Waals surface area contributed by atoms with Gasteiger partial charge < -0.3 is 25.4 Å². The fourth-order valence-electron chi connectivity index (χ4n) is 3.60. The number of rotatable bonds is 8. The monoisotopic (exact) mass is 445 g/mol. The molecule has 1 aliphatic rings. The number of ether oxygens (including phenoxy) is 1. The summed E-state index contributed by atoms with van der Waals surface area (Å²) in [5.41, 5.74) is 1.95. The predicted octanol–water partition coefficient (Wildman–Crippen LogP) is 3.33. The molecular weight excluding hydrogens is 421 g/mol. The molecule has 7 nitrogen and oxygen atoms in total. The summed E-state index contributed by atoms with van der Waals surface area (Å²) in [5, 5.41) is 17.1. The first-order chi connectivity index (χ1) is 15.1. The number of hydrogen-bond donors (Lipinski definition) is 3. The molecule has 3 aromatic rings. The number of hydrogen-bond acceptors (Lipinski definition) is 7. The quantitative estimate of drug-likeness (QED) is 0.459. The Kier molecular flexibility index (Phi) is 7.14. The lowest BCUT2D eigenvalue weighted by Crippen LogP contribution is -2.43. The van der Waals surface area contributed by atoms with Crippen LogP contribution in [-0.2, 0) is 6.61 Å². The molecule has 9 heteroatoms. The van der Waals surface area contributed by atoms with Crippen molar-refractivity contribution in [1.82, 2.24) is 20.2 Å². The maximum absolute atomic E-state index is 13.5. The zero-order valence-electron chi connectivity index (χ0n) is 17.1. The summed E-state index contributed by atoms with van der Waals surface area (Å²) in [5.74, 6) is 0.664. The highest BCUT2D eigenvalue weighted by Gasteiger charge is 2.13. The second kappa shape index (κ2) is 10.2. The van der Waals surface area contributed by atoms with Crippen molar-refractivity contribution < 1.29 is 14.2 Å². The van der Waals surface area contributed by atoms with E-state index in [9.17, 15) is 9.50 Å². The SMILES string of the molecule is OCc1cc2ncnc(Nc3ccc(F)c(Cl)c3)c2cc1OCCCN1CCNCC1. The standard InChI is InChI=1S/C22H25ClFN5O2/c23-18-11-16(2-3-19(18)24)28-22-17-12-21(15(13-30)10-20(17)26-14-27-22)31-9-1-6-29-7-4-25-5-8-29/h2-3,10-12,14,25,30H,1,4-9,13H2,(H,26,27,28). The Labute approximate surface area is 185 Å². The molecule has 31 heavy (non-hydrogen) atoms. The minimum atomic E-state index is -0.483. The number of halogens is 2. The fourth-order valence-corrected chi connectivity index (χ4v) is 3.78. The van der Waals surface area contributed by atoms with Crippen molar-refractivity contribution in [3.63, 3.8) is 0 Å². The molecular formula is C22H25ClFN5O2. The Balaban J connectivity index is 1.51. The van der Waals surface area contributed by atoms with Gasteiger partial charge in [-0.15, -0.1) is 0 Å². The first-order valence-corrected chi connectivity index (χ1v) is 10.7. The molecule has 0 spiro atoms. The van der Waals surface area contributed by atoms with E-state index in [1.807, 2.05) is 6.07 Å². The van der Waals surface area contributed by atoms with Gasteiger partial charge in [0.15, 0.2) is 0 Å². The number of nitrogens with zero attached hydrogens (tertiary/aromatic N) is 3. The third kappa shape index (κ3) is 5.40. The van der Waals surface area contributed by atoms with Crippen LogP contribution in [0.5, 0.6) is 5.75 Å². The van der Waals surface area contributed by atoms with Crippen molar-refractivity contribution in [3.05, 3.63) is 53.1 Å². The predicted molar refractivity (Wildman–Crippen MR) is 120 cm³/mol. The molecule has 1 saturated heterocycles. The topological polar surface area (TPSA) is 82.5 Å². The van der Waals surface area contributed by atoms with Crippen molar-refractivity contribution in [2.24, 2.45) is 0 Å². The molecule has 0 radical (unpaired) electrons. The molecule has 2 heterocycles. The summed E-state index contributed by atoms with van der Waals surface area (Å²) in [4.78, 5) is 11.0. The van der Waals surface area contributed by atoms with Gasteiger partial charge in [-0.1, -0.05) is 11.6 Å². The maximum Gasteiger partial charge on any atom is 0.141 e. The molecule has 2 aromatic carbocycles. The molecule has 0 amide bonds. The zero-order valence-corrected chi connectivity index (χ0v) is 17.8. The Morgan fingerprint density at radius 1 is 1.19 bits per heavy atom. The molecule has 3 N–H and O–H groups in total. The van der Waals surface area contributed by atoms with Gasteiger partial charge in [-0.25, -0.2) is 14.4 Å². The summed E-state index contributed by atoms with van der Waals surface area (Å²) < 4.78 is 19.5. The molecule has 0 atom stereocenters. The van der Waals surface area contributed by atoms with Crippen LogP contribution in [0, 0.1) is 5.82 Å². The van der Waals surface area contributed by atoms with E-state index in [0.29, 0.717) is 34.9 Å². The lowest BCUT2D eigenvalue weighted by molar-refractivity contribution is 0.210. The Morgan fingerprint density at radius 3 is 2.81 bits per heavy atom. The van der Waals surface area contributed by atoms with Gasteiger partial charge in [0.05, 0.1) is 23.8 Å². The van der Waals surface area contributed by atoms with Crippen LogP contribution in [0.15, 0.2) is 36.7 Å². The molecule has 4 rings (SSSR count). The third-order valence-corrected chi connectivity index (χ3v) is 5.55. The Morgan fingerprint density at radius 2 is 2.03 bits per heavy atom. The highest BCUT2D eigenvalue weighted by atomic mass is 35.5. The van der Waals surface area contributed by atoms with E-state index in [1.165, 1.54) is 18.5 Å². The lowest BCUT2D eigenvalue weighted by Gasteiger charge is -2.27. The van der Waals surface area contributed by atoms with Crippen LogP contribution in [-0.4, -0.2) is 59.3 Å². The van der Waals surface area contributed by atoms with E-state index in [0.717, 1.165) is 44.5 Å². The summed E-state index contributed by atoms with van der Waals surface area (Å²) in [6, 6.07) is 8.01. The highest BCUT2D eigenvalue weighted by molar-refractivity contribution is 6.31. The molecule has 0 bridgehead atoms. The van der Waals surface area contributed by atoms with Crippen molar-refractivity contribution in [3.8, 4) is 5.75 Å². The number of aromatic nitrogens is 2. The second-order valence-electron chi connectivity index (χ2n) is 7.41. The van der Waals surface area contributed by atoms with Crippen LogP contribution in [0.2, 0.25) is 5.02 Å². The van der Waals surface area contributed by atoms with Gasteiger partial charge in [0.1, 0.15) is 23.7 Å². The van der Waals surface area contributed by atoms with Crippen LogP contribution >= 0.6 is 11.6 Å². The molecule has 1 fully saturated rings. The van der Waals surface area contributed by atoms with Gasteiger partial charge in [0.2, 0.25) is 0 Å². The smallest absolute Gasteiger partial charge is 0.141 e. The first kappa shape index (κ1) is 21.7. The largest absolute Gasteiger partial charge is 0.493 e. The van der Waals surface area contributed by atoms with Crippen molar-refractivity contribution in [2.75, 3.05) is 44.6 Å². The number of nitrogens with one attached hydrogen (secondary N) is 2. The average Bonchev–Trinajstić information content (AvgIpc) is 2.79. The number of anilines is 2. The number of aliphatic hydroxyl groups excluding tert-OH is 1. The third-order valence-electron chi connectivity index (χ3n) is 5.26. The maximum atomic E-state index is 13.5. The summed E-state index contributed by atoms with van der Waals surface area (Å²) >= 11 is 5.89. The number of benzene rings is 2. The van der Waals surface area contributed by atoms with Gasteiger partial charge in [-0.2, -0.15) is 0 Å². The zero-order chi connectivity index (χ0) is 21.6. The fraction of sp³-hybridized carbons (Fsp3) is 0.364. The van der Waals surface area contributed by atoms with Gasteiger partial charge in [0, 0.05) is 49.4 Å². The number of piperazine rings is 1. The van der Waals surface area contributed by atoms with Gasteiger partial charge in [-0.05, 0) is 36.8 Å². The first-order valence-electron chi connectivity index (χ1n) is 10.3.